The molecule has 2 rings (SSSR count). The molecular formula is C13H10Cl2O. The molecule has 0 saturated heterocycles. The van der Waals surface area contributed by atoms with Crippen LogP contribution in [0, 0.1) is 0 Å². The fourth-order valence-electron chi connectivity index (χ4n) is 1.53. The molecule has 0 radical (unpaired) electrons. The molecule has 0 amide bonds. The molecule has 0 aliphatic heterocycles. The van der Waals surface area contributed by atoms with E-state index < -0.39 is 0 Å². The molecule has 1 nitrogen and oxygen atoms in total. The first-order valence-corrected chi connectivity index (χ1v) is 5.56. The van der Waals surface area contributed by atoms with Crippen LogP contribution in [0.2, 0.25) is 10.0 Å². The molecule has 82 valence electrons. The Balaban J connectivity index is 2.50. The zero-order valence-electron chi connectivity index (χ0n) is 8.71. The van der Waals surface area contributed by atoms with Gasteiger partial charge in [-0.15, -0.1) is 0 Å². The van der Waals surface area contributed by atoms with Gasteiger partial charge in [0.25, 0.3) is 0 Å². The topological polar surface area (TPSA) is 9.23 Å². The molecule has 0 fully saturated rings. The van der Waals surface area contributed by atoms with E-state index in [1.165, 1.54) is 0 Å². The van der Waals surface area contributed by atoms with Gasteiger partial charge in [0, 0.05) is 15.6 Å². The Hall–Kier alpha value is -1.18. The van der Waals surface area contributed by atoms with E-state index in [4.69, 9.17) is 27.9 Å². The minimum atomic E-state index is 0.651. The summed E-state index contributed by atoms with van der Waals surface area (Å²) in [5.74, 6) is 0.812. The van der Waals surface area contributed by atoms with Gasteiger partial charge in [-0.2, -0.15) is 0 Å². The van der Waals surface area contributed by atoms with E-state index in [-0.39, 0.29) is 0 Å². The van der Waals surface area contributed by atoms with E-state index in [2.05, 4.69) is 0 Å². The van der Waals surface area contributed by atoms with E-state index >= 15 is 0 Å². The molecule has 3 heteroatoms. The molecule has 0 aromatic heterocycles. The number of rotatable bonds is 2. The molecule has 0 atom stereocenters. The monoisotopic (exact) mass is 252 g/mol. The molecule has 0 aliphatic carbocycles. The summed E-state index contributed by atoms with van der Waals surface area (Å²) in [5, 5.41) is 1.30. The fourth-order valence-corrected chi connectivity index (χ4v) is 2.15. The quantitative estimate of drug-likeness (QED) is 0.755. The molecule has 0 unspecified atom stereocenters. The van der Waals surface area contributed by atoms with Crippen LogP contribution in [0.25, 0.3) is 11.1 Å². The van der Waals surface area contributed by atoms with Crippen LogP contribution >= 0.6 is 23.2 Å². The number of ether oxygens (including phenoxy) is 1. The Morgan fingerprint density at radius 1 is 0.875 bits per heavy atom. The van der Waals surface area contributed by atoms with Crippen LogP contribution in [-0.2, 0) is 0 Å². The zero-order chi connectivity index (χ0) is 11.5. The van der Waals surface area contributed by atoms with E-state index in [0.717, 1.165) is 16.9 Å². The van der Waals surface area contributed by atoms with Crippen molar-refractivity contribution in [2.24, 2.45) is 0 Å². The van der Waals surface area contributed by atoms with Gasteiger partial charge in [0.05, 0.1) is 7.11 Å². The maximum Gasteiger partial charge on any atom is 0.118 e. The lowest BCUT2D eigenvalue weighted by Crippen LogP contribution is -1.84. The number of benzene rings is 2. The smallest absolute Gasteiger partial charge is 0.118 e. The Morgan fingerprint density at radius 3 is 1.94 bits per heavy atom. The molecule has 2 aromatic rings. The van der Waals surface area contributed by atoms with E-state index in [9.17, 15) is 0 Å². The standard InChI is InChI=1S/C13H10Cl2O/c1-16-10-7-5-9(6-8-10)13-11(14)3-2-4-12(13)15/h2-8H,1H3. The van der Waals surface area contributed by atoms with Crippen LogP contribution in [0.15, 0.2) is 42.5 Å². The normalized spacial score (nSPS) is 10.2. The van der Waals surface area contributed by atoms with Crippen molar-refractivity contribution in [1.29, 1.82) is 0 Å². The van der Waals surface area contributed by atoms with Crippen LogP contribution in [0.3, 0.4) is 0 Å². The number of hydrogen-bond acceptors (Lipinski definition) is 1. The second kappa shape index (κ2) is 4.77. The molecule has 0 spiro atoms. The maximum absolute atomic E-state index is 6.12. The third-order valence-corrected chi connectivity index (χ3v) is 2.97. The van der Waals surface area contributed by atoms with Gasteiger partial charge in [-0.3, -0.25) is 0 Å². The minimum absolute atomic E-state index is 0.651. The average molecular weight is 253 g/mol. The third-order valence-electron chi connectivity index (χ3n) is 2.34. The largest absolute Gasteiger partial charge is 0.497 e. The molecule has 0 aliphatic rings. The van der Waals surface area contributed by atoms with Gasteiger partial charge in [0.2, 0.25) is 0 Å². The predicted molar refractivity (Wildman–Crippen MR) is 68.5 cm³/mol. The molecule has 0 bridgehead atoms. The van der Waals surface area contributed by atoms with Crippen molar-refractivity contribution in [3.63, 3.8) is 0 Å². The highest BCUT2D eigenvalue weighted by Gasteiger charge is 2.07. The number of hydrogen-bond donors (Lipinski definition) is 0. The lowest BCUT2D eigenvalue weighted by atomic mass is 10.1. The summed E-state index contributed by atoms with van der Waals surface area (Å²) in [6, 6.07) is 13.1. The van der Waals surface area contributed by atoms with Crippen molar-refractivity contribution in [3.8, 4) is 16.9 Å². The number of halogens is 2. The van der Waals surface area contributed by atoms with Crippen LogP contribution in [-0.4, -0.2) is 7.11 Å². The van der Waals surface area contributed by atoms with Crippen LogP contribution in [0.5, 0.6) is 5.75 Å². The first kappa shape index (κ1) is 11.3. The highest BCUT2D eigenvalue weighted by molar-refractivity contribution is 6.39. The second-order valence-corrected chi connectivity index (χ2v) is 4.14. The first-order chi connectivity index (χ1) is 7.72. The maximum atomic E-state index is 6.12. The highest BCUT2D eigenvalue weighted by atomic mass is 35.5. The molecule has 16 heavy (non-hydrogen) atoms. The first-order valence-electron chi connectivity index (χ1n) is 4.81. The summed E-state index contributed by atoms with van der Waals surface area (Å²) in [6.45, 7) is 0. The Bertz CT molecular complexity index is 472. The molecule has 0 heterocycles. The van der Waals surface area contributed by atoms with Gasteiger partial charge in [-0.1, -0.05) is 41.4 Å². The molecule has 0 saturated carbocycles. The molecule has 0 N–H and O–H groups in total. The lowest BCUT2D eigenvalue weighted by Gasteiger charge is -2.07. The van der Waals surface area contributed by atoms with Gasteiger partial charge < -0.3 is 4.74 Å². The van der Waals surface area contributed by atoms with Crippen molar-refractivity contribution < 1.29 is 4.74 Å². The van der Waals surface area contributed by atoms with Crippen molar-refractivity contribution in [2.45, 2.75) is 0 Å². The summed E-state index contributed by atoms with van der Waals surface area (Å²) >= 11 is 12.2. The third kappa shape index (κ3) is 2.16. The van der Waals surface area contributed by atoms with Crippen molar-refractivity contribution >= 4 is 23.2 Å². The van der Waals surface area contributed by atoms with Crippen LogP contribution in [0.4, 0.5) is 0 Å². The van der Waals surface area contributed by atoms with E-state index in [1.807, 2.05) is 42.5 Å². The summed E-state index contributed by atoms with van der Waals surface area (Å²) in [6.07, 6.45) is 0. The summed E-state index contributed by atoms with van der Waals surface area (Å²) in [4.78, 5) is 0. The van der Waals surface area contributed by atoms with E-state index in [1.54, 1.807) is 7.11 Å². The van der Waals surface area contributed by atoms with E-state index in [0.29, 0.717) is 10.0 Å². The van der Waals surface area contributed by atoms with Crippen molar-refractivity contribution in [3.05, 3.63) is 52.5 Å². The van der Waals surface area contributed by atoms with Crippen molar-refractivity contribution in [2.75, 3.05) is 7.11 Å². The van der Waals surface area contributed by atoms with Gasteiger partial charge in [-0.05, 0) is 29.8 Å². The van der Waals surface area contributed by atoms with Crippen molar-refractivity contribution in [1.82, 2.24) is 0 Å². The average Bonchev–Trinajstić information content (AvgIpc) is 2.30. The Morgan fingerprint density at radius 2 is 1.44 bits per heavy atom. The summed E-state index contributed by atoms with van der Waals surface area (Å²) in [7, 11) is 1.64. The SMILES string of the molecule is COc1ccc(-c2c(Cl)cccc2Cl)cc1. The lowest BCUT2D eigenvalue weighted by molar-refractivity contribution is 0.415. The fraction of sp³-hybridized carbons (Fsp3) is 0.0769. The summed E-state index contributed by atoms with van der Waals surface area (Å²) in [5.41, 5.74) is 1.84. The minimum Gasteiger partial charge on any atom is -0.497 e. The summed E-state index contributed by atoms with van der Waals surface area (Å²) < 4.78 is 5.10. The van der Waals surface area contributed by atoms with Gasteiger partial charge >= 0.3 is 0 Å². The van der Waals surface area contributed by atoms with Crippen LogP contribution < -0.4 is 4.74 Å². The van der Waals surface area contributed by atoms with Gasteiger partial charge in [0.15, 0.2) is 0 Å². The highest BCUT2D eigenvalue weighted by Crippen LogP contribution is 2.34. The molecular weight excluding hydrogens is 243 g/mol. The van der Waals surface area contributed by atoms with Gasteiger partial charge in [-0.25, -0.2) is 0 Å². The zero-order valence-corrected chi connectivity index (χ0v) is 10.2. The number of methoxy groups -OCH3 is 1. The predicted octanol–water partition coefficient (Wildman–Crippen LogP) is 4.67. The Kier molecular flexibility index (Phi) is 3.37. The molecule has 2 aromatic carbocycles. The van der Waals surface area contributed by atoms with Crippen LogP contribution in [0.1, 0.15) is 0 Å². The second-order valence-electron chi connectivity index (χ2n) is 3.33. The van der Waals surface area contributed by atoms with Gasteiger partial charge in [0.1, 0.15) is 5.75 Å². The Labute approximate surface area is 105 Å².